The molecule has 2 nitrogen and oxygen atoms in total. The summed E-state index contributed by atoms with van der Waals surface area (Å²) >= 11 is 4.15. The number of hydrogen-bond donors (Lipinski definition) is 1. The van der Waals surface area contributed by atoms with Gasteiger partial charge in [-0.25, -0.2) is 0 Å². The van der Waals surface area contributed by atoms with Gasteiger partial charge in [0.15, 0.2) is 5.69 Å². The minimum atomic E-state index is -4.34. The Morgan fingerprint density at radius 3 is 2.11 bits per heavy atom. The second-order valence-electron chi connectivity index (χ2n) is 4.66. The van der Waals surface area contributed by atoms with Crippen LogP contribution in [0.15, 0.2) is 12.3 Å². The van der Waals surface area contributed by atoms with Gasteiger partial charge in [0.25, 0.3) is 0 Å². The lowest BCUT2D eigenvalue weighted by atomic mass is 10.1. The maximum Gasteiger partial charge on any atom is 0.435 e. The quantitative estimate of drug-likeness (QED) is 0.522. The van der Waals surface area contributed by atoms with Crippen LogP contribution < -0.4 is 0 Å². The SMILES string of the molecule is FC(F)(F)c1ccn(CCCCCCCCCS)n1. The van der Waals surface area contributed by atoms with E-state index in [4.69, 9.17) is 0 Å². The average Bonchev–Trinajstić information content (AvgIpc) is 2.81. The summed E-state index contributed by atoms with van der Waals surface area (Å²) in [5.74, 6) is 0.945. The van der Waals surface area contributed by atoms with Gasteiger partial charge in [0.05, 0.1) is 0 Å². The largest absolute Gasteiger partial charge is 0.435 e. The van der Waals surface area contributed by atoms with Gasteiger partial charge < -0.3 is 0 Å². The first-order valence-corrected chi connectivity index (χ1v) is 7.39. The summed E-state index contributed by atoms with van der Waals surface area (Å²) < 4.78 is 38.3. The molecule has 0 spiro atoms. The number of nitrogens with zero attached hydrogens (tertiary/aromatic N) is 2. The van der Waals surface area contributed by atoms with E-state index >= 15 is 0 Å². The molecule has 0 aromatic carbocycles. The highest BCUT2D eigenvalue weighted by molar-refractivity contribution is 7.80. The van der Waals surface area contributed by atoms with Gasteiger partial charge >= 0.3 is 6.18 Å². The first kappa shape index (κ1) is 16.4. The van der Waals surface area contributed by atoms with Crippen molar-refractivity contribution in [3.05, 3.63) is 18.0 Å². The van der Waals surface area contributed by atoms with Gasteiger partial charge in [-0.05, 0) is 24.7 Å². The molecule has 1 aromatic rings. The van der Waals surface area contributed by atoms with Crippen molar-refractivity contribution < 1.29 is 13.2 Å². The third-order valence-corrected chi connectivity index (χ3v) is 3.29. The summed E-state index contributed by atoms with van der Waals surface area (Å²) in [4.78, 5) is 0. The summed E-state index contributed by atoms with van der Waals surface area (Å²) in [6.45, 7) is 0.562. The fourth-order valence-corrected chi connectivity index (χ4v) is 2.13. The van der Waals surface area contributed by atoms with Crippen LogP contribution in [0.4, 0.5) is 13.2 Å². The zero-order valence-electron chi connectivity index (χ0n) is 11.0. The molecule has 1 rings (SSSR count). The Balaban J connectivity index is 2.08. The predicted molar refractivity (Wildman–Crippen MR) is 73.4 cm³/mol. The van der Waals surface area contributed by atoms with Gasteiger partial charge in [0.2, 0.25) is 0 Å². The topological polar surface area (TPSA) is 17.8 Å². The summed E-state index contributed by atoms with van der Waals surface area (Å²) in [5, 5.41) is 3.52. The van der Waals surface area contributed by atoms with Crippen LogP contribution in [-0.4, -0.2) is 15.5 Å². The number of halogens is 3. The molecule has 0 aliphatic rings. The highest BCUT2D eigenvalue weighted by atomic mass is 32.1. The van der Waals surface area contributed by atoms with E-state index < -0.39 is 11.9 Å². The third kappa shape index (κ3) is 6.89. The van der Waals surface area contributed by atoms with E-state index in [1.807, 2.05) is 0 Å². The lowest BCUT2D eigenvalue weighted by Gasteiger charge is -2.03. The molecular formula is C13H21F3N2S. The van der Waals surface area contributed by atoms with E-state index in [1.165, 1.54) is 30.1 Å². The maximum absolute atomic E-state index is 12.3. The van der Waals surface area contributed by atoms with E-state index in [9.17, 15) is 13.2 Å². The molecule has 0 unspecified atom stereocenters. The van der Waals surface area contributed by atoms with Crippen molar-refractivity contribution in [2.45, 2.75) is 57.7 Å². The maximum atomic E-state index is 12.3. The van der Waals surface area contributed by atoms with E-state index in [0.29, 0.717) is 6.54 Å². The van der Waals surface area contributed by atoms with Crippen molar-refractivity contribution in [1.82, 2.24) is 9.78 Å². The van der Waals surface area contributed by atoms with Gasteiger partial charge in [0.1, 0.15) is 0 Å². The summed E-state index contributed by atoms with van der Waals surface area (Å²) in [6.07, 6.45) is 4.93. The third-order valence-electron chi connectivity index (χ3n) is 2.98. The van der Waals surface area contributed by atoms with Crippen LogP contribution in [0.25, 0.3) is 0 Å². The van der Waals surface area contributed by atoms with Crippen LogP contribution in [0.5, 0.6) is 0 Å². The van der Waals surface area contributed by atoms with Gasteiger partial charge in [-0.1, -0.05) is 32.1 Å². The normalized spacial score (nSPS) is 12.0. The first-order chi connectivity index (χ1) is 9.04. The Labute approximate surface area is 117 Å². The number of hydrogen-bond acceptors (Lipinski definition) is 2. The van der Waals surface area contributed by atoms with Crippen molar-refractivity contribution in [2.75, 3.05) is 5.75 Å². The lowest BCUT2D eigenvalue weighted by Crippen LogP contribution is -2.08. The van der Waals surface area contributed by atoms with Crippen LogP contribution in [-0.2, 0) is 12.7 Å². The van der Waals surface area contributed by atoms with Crippen molar-refractivity contribution in [3.8, 4) is 0 Å². The molecule has 1 heterocycles. The predicted octanol–water partition coefficient (Wildman–Crippen LogP) is 4.56. The lowest BCUT2D eigenvalue weighted by molar-refractivity contribution is -0.141. The number of aromatic nitrogens is 2. The number of aryl methyl sites for hydroxylation is 1. The minimum absolute atomic E-state index is 0.562. The number of alkyl halides is 3. The number of unbranched alkanes of at least 4 members (excludes halogenated alkanes) is 6. The van der Waals surface area contributed by atoms with E-state index in [-0.39, 0.29) is 0 Å². The molecule has 0 atom stereocenters. The van der Waals surface area contributed by atoms with E-state index in [0.717, 1.165) is 37.5 Å². The molecule has 0 saturated carbocycles. The molecule has 6 heteroatoms. The second kappa shape index (κ2) is 8.51. The number of thiol groups is 1. The van der Waals surface area contributed by atoms with Crippen LogP contribution in [0.2, 0.25) is 0 Å². The van der Waals surface area contributed by atoms with Crippen molar-refractivity contribution in [1.29, 1.82) is 0 Å². The fraction of sp³-hybridized carbons (Fsp3) is 0.769. The average molecular weight is 294 g/mol. The highest BCUT2D eigenvalue weighted by Gasteiger charge is 2.33. The molecule has 0 N–H and O–H groups in total. The molecule has 0 radical (unpaired) electrons. The van der Waals surface area contributed by atoms with Gasteiger partial charge in [-0.15, -0.1) is 0 Å². The molecule has 0 saturated heterocycles. The molecule has 110 valence electrons. The summed E-state index contributed by atoms with van der Waals surface area (Å²) in [5.41, 5.74) is -0.806. The standard InChI is InChI=1S/C13H21F3N2S/c14-13(15,16)12-8-10-18(17-12)9-6-4-2-1-3-5-7-11-19/h8,10,19H,1-7,9,11H2. The summed E-state index contributed by atoms with van der Waals surface area (Å²) in [7, 11) is 0. The van der Waals surface area contributed by atoms with Gasteiger partial charge in [-0.2, -0.15) is 30.9 Å². The Bertz CT molecular complexity index is 350. The minimum Gasteiger partial charge on any atom is -0.272 e. The van der Waals surface area contributed by atoms with Crippen molar-refractivity contribution in [3.63, 3.8) is 0 Å². The Hall–Kier alpha value is -0.650. The Kier molecular flexibility index (Phi) is 7.34. The molecule has 0 bridgehead atoms. The molecule has 0 aliphatic carbocycles. The summed E-state index contributed by atoms with van der Waals surface area (Å²) in [6, 6.07) is 1.03. The van der Waals surface area contributed by atoms with E-state index in [2.05, 4.69) is 17.7 Å². The number of rotatable bonds is 9. The van der Waals surface area contributed by atoms with E-state index in [1.54, 1.807) is 0 Å². The molecule has 0 fully saturated rings. The zero-order valence-corrected chi connectivity index (χ0v) is 11.9. The van der Waals surface area contributed by atoms with Gasteiger partial charge in [-0.3, -0.25) is 4.68 Å². The zero-order chi connectivity index (χ0) is 14.1. The van der Waals surface area contributed by atoms with Crippen LogP contribution in [0.1, 0.15) is 50.6 Å². The van der Waals surface area contributed by atoms with Crippen LogP contribution in [0.3, 0.4) is 0 Å². The van der Waals surface area contributed by atoms with Crippen molar-refractivity contribution in [2.24, 2.45) is 0 Å². The smallest absolute Gasteiger partial charge is 0.272 e. The Morgan fingerprint density at radius 1 is 1.00 bits per heavy atom. The fourth-order valence-electron chi connectivity index (χ4n) is 1.91. The molecule has 0 aliphatic heterocycles. The second-order valence-corrected chi connectivity index (χ2v) is 5.11. The molecule has 19 heavy (non-hydrogen) atoms. The Morgan fingerprint density at radius 2 is 1.58 bits per heavy atom. The molecular weight excluding hydrogens is 273 g/mol. The first-order valence-electron chi connectivity index (χ1n) is 6.75. The highest BCUT2D eigenvalue weighted by Crippen LogP contribution is 2.27. The van der Waals surface area contributed by atoms with Crippen LogP contribution in [0, 0.1) is 0 Å². The monoisotopic (exact) mass is 294 g/mol. The molecule has 0 amide bonds. The van der Waals surface area contributed by atoms with Crippen molar-refractivity contribution >= 4 is 12.6 Å². The van der Waals surface area contributed by atoms with Crippen LogP contribution >= 0.6 is 12.6 Å². The molecule has 1 aromatic heterocycles. The van der Waals surface area contributed by atoms with Gasteiger partial charge in [0, 0.05) is 12.7 Å².